The van der Waals surface area contributed by atoms with Gasteiger partial charge in [-0.2, -0.15) is 0 Å². The van der Waals surface area contributed by atoms with Crippen LogP contribution in [0.1, 0.15) is 26.2 Å². The van der Waals surface area contributed by atoms with Crippen molar-refractivity contribution in [2.45, 2.75) is 32.2 Å². The maximum absolute atomic E-state index is 12.3. The van der Waals surface area contributed by atoms with Crippen molar-refractivity contribution < 1.29 is 19.1 Å². The van der Waals surface area contributed by atoms with Crippen molar-refractivity contribution in [2.24, 2.45) is 5.92 Å². The molecule has 21 heavy (non-hydrogen) atoms. The lowest BCUT2D eigenvalue weighted by atomic mass is 9.97. The molecule has 2 N–H and O–H groups in total. The summed E-state index contributed by atoms with van der Waals surface area (Å²) in [6.07, 6.45) is 1.69. The second kappa shape index (κ2) is 7.40. The molecule has 0 radical (unpaired) electrons. The van der Waals surface area contributed by atoms with Gasteiger partial charge in [0.1, 0.15) is 0 Å². The lowest BCUT2D eigenvalue weighted by Gasteiger charge is -2.33. The summed E-state index contributed by atoms with van der Waals surface area (Å²) in [6, 6.07) is -0.464. The maximum Gasteiger partial charge on any atom is 0.310 e. The van der Waals surface area contributed by atoms with Crippen molar-refractivity contribution in [3.63, 3.8) is 0 Å². The SMILES string of the molecule is CCOC(=O)[C@H]1CCCN(C(=O)C[C@@H]2NCCNC2=O)C1. The van der Waals surface area contributed by atoms with Crippen LogP contribution in [0.5, 0.6) is 0 Å². The van der Waals surface area contributed by atoms with Crippen LogP contribution in [0, 0.1) is 5.92 Å². The van der Waals surface area contributed by atoms with Crippen LogP contribution in [0.15, 0.2) is 0 Å². The first-order valence-electron chi connectivity index (χ1n) is 7.57. The van der Waals surface area contributed by atoms with E-state index in [2.05, 4.69) is 10.6 Å². The zero-order valence-corrected chi connectivity index (χ0v) is 12.4. The van der Waals surface area contributed by atoms with Gasteiger partial charge >= 0.3 is 5.97 Å². The Hall–Kier alpha value is -1.63. The van der Waals surface area contributed by atoms with E-state index in [9.17, 15) is 14.4 Å². The number of rotatable bonds is 4. The number of hydrogen-bond acceptors (Lipinski definition) is 5. The summed E-state index contributed by atoms with van der Waals surface area (Å²) in [7, 11) is 0. The van der Waals surface area contributed by atoms with Crippen LogP contribution >= 0.6 is 0 Å². The minimum absolute atomic E-state index is 0.0847. The molecule has 2 atom stereocenters. The molecule has 2 aliphatic heterocycles. The topological polar surface area (TPSA) is 87.7 Å². The van der Waals surface area contributed by atoms with Crippen molar-refractivity contribution in [3.05, 3.63) is 0 Å². The summed E-state index contributed by atoms with van der Waals surface area (Å²) in [5, 5.41) is 5.78. The van der Waals surface area contributed by atoms with Gasteiger partial charge in [-0.1, -0.05) is 0 Å². The van der Waals surface area contributed by atoms with Gasteiger partial charge in [0.05, 0.1) is 25.0 Å². The Morgan fingerprint density at radius 2 is 2.19 bits per heavy atom. The van der Waals surface area contributed by atoms with Crippen molar-refractivity contribution >= 4 is 17.8 Å². The second-order valence-electron chi connectivity index (χ2n) is 5.43. The fourth-order valence-corrected chi connectivity index (χ4v) is 2.77. The lowest BCUT2D eigenvalue weighted by molar-refractivity contribution is -0.151. The number of likely N-dealkylation sites (tertiary alicyclic amines) is 1. The van der Waals surface area contributed by atoms with Gasteiger partial charge in [-0.25, -0.2) is 0 Å². The third-order valence-corrected chi connectivity index (χ3v) is 3.90. The number of nitrogens with one attached hydrogen (secondary N) is 2. The monoisotopic (exact) mass is 297 g/mol. The third kappa shape index (κ3) is 4.17. The van der Waals surface area contributed by atoms with Gasteiger partial charge in [-0.05, 0) is 19.8 Å². The summed E-state index contributed by atoms with van der Waals surface area (Å²) in [6.45, 7) is 4.44. The number of esters is 1. The Bertz CT molecular complexity index is 413. The highest BCUT2D eigenvalue weighted by Gasteiger charge is 2.32. The molecule has 2 aliphatic rings. The van der Waals surface area contributed by atoms with E-state index in [0.717, 1.165) is 12.8 Å². The molecule has 0 spiro atoms. The van der Waals surface area contributed by atoms with Gasteiger partial charge in [0.25, 0.3) is 0 Å². The highest BCUT2D eigenvalue weighted by Crippen LogP contribution is 2.19. The summed E-state index contributed by atoms with van der Waals surface area (Å²) >= 11 is 0. The average molecular weight is 297 g/mol. The van der Waals surface area contributed by atoms with Crippen LogP contribution in [0.3, 0.4) is 0 Å². The zero-order valence-electron chi connectivity index (χ0n) is 12.4. The second-order valence-corrected chi connectivity index (χ2v) is 5.43. The molecule has 2 saturated heterocycles. The minimum atomic E-state index is -0.464. The molecule has 0 aliphatic carbocycles. The predicted molar refractivity (Wildman–Crippen MR) is 75.4 cm³/mol. The fraction of sp³-hybridized carbons (Fsp3) is 0.786. The summed E-state index contributed by atoms with van der Waals surface area (Å²) in [5.41, 5.74) is 0. The van der Waals surface area contributed by atoms with Crippen molar-refractivity contribution in [3.8, 4) is 0 Å². The zero-order chi connectivity index (χ0) is 15.2. The Morgan fingerprint density at radius 3 is 2.90 bits per heavy atom. The molecule has 2 rings (SSSR count). The largest absolute Gasteiger partial charge is 0.466 e. The van der Waals surface area contributed by atoms with E-state index in [-0.39, 0.29) is 30.1 Å². The van der Waals surface area contributed by atoms with Crippen LogP contribution in [0.4, 0.5) is 0 Å². The first kappa shape index (κ1) is 15.8. The van der Waals surface area contributed by atoms with Crippen LogP contribution in [0.2, 0.25) is 0 Å². The summed E-state index contributed by atoms with van der Waals surface area (Å²) < 4.78 is 5.02. The molecule has 0 aromatic carbocycles. The number of piperazine rings is 1. The molecule has 0 aromatic heterocycles. The van der Waals surface area contributed by atoms with Gasteiger partial charge in [-0.15, -0.1) is 0 Å². The first-order chi connectivity index (χ1) is 10.1. The molecule has 7 nitrogen and oxygen atoms in total. The van der Waals surface area contributed by atoms with Crippen molar-refractivity contribution in [2.75, 3.05) is 32.8 Å². The Labute approximate surface area is 124 Å². The highest BCUT2D eigenvalue weighted by atomic mass is 16.5. The molecule has 0 unspecified atom stereocenters. The lowest BCUT2D eigenvalue weighted by Crippen LogP contribution is -2.55. The molecule has 118 valence electrons. The van der Waals surface area contributed by atoms with Gasteiger partial charge < -0.3 is 20.3 Å². The number of nitrogens with zero attached hydrogens (tertiary/aromatic N) is 1. The third-order valence-electron chi connectivity index (χ3n) is 3.90. The van der Waals surface area contributed by atoms with E-state index in [1.807, 2.05) is 0 Å². The average Bonchev–Trinajstić information content (AvgIpc) is 2.50. The number of hydrogen-bond donors (Lipinski definition) is 2. The number of carbonyl (C=O) groups is 3. The molecular formula is C14H23N3O4. The number of piperidine rings is 1. The first-order valence-corrected chi connectivity index (χ1v) is 7.57. The number of ether oxygens (including phenoxy) is 1. The Morgan fingerprint density at radius 1 is 1.38 bits per heavy atom. The van der Waals surface area contributed by atoms with Gasteiger partial charge in [0, 0.05) is 26.2 Å². The van der Waals surface area contributed by atoms with E-state index in [4.69, 9.17) is 4.74 Å². The van der Waals surface area contributed by atoms with Gasteiger partial charge in [0.15, 0.2) is 0 Å². The fourth-order valence-electron chi connectivity index (χ4n) is 2.77. The van der Waals surface area contributed by atoms with Crippen LogP contribution in [-0.4, -0.2) is 61.5 Å². The number of amides is 2. The smallest absolute Gasteiger partial charge is 0.310 e. The summed E-state index contributed by atoms with van der Waals surface area (Å²) in [4.78, 5) is 37.4. The molecule has 2 amide bonds. The van der Waals surface area contributed by atoms with Crippen molar-refractivity contribution in [1.82, 2.24) is 15.5 Å². The molecule has 0 saturated carbocycles. The highest BCUT2D eigenvalue weighted by molar-refractivity contribution is 5.89. The van der Waals surface area contributed by atoms with Crippen LogP contribution < -0.4 is 10.6 Å². The molecule has 7 heteroatoms. The van der Waals surface area contributed by atoms with E-state index >= 15 is 0 Å². The van der Waals surface area contributed by atoms with E-state index in [1.165, 1.54) is 0 Å². The Balaban J connectivity index is 1.86. The van der Waals surface area contributed by atoms with Crippen LogP contribution in [0.25, 0.3) is 0 Å². The van der Waals surface area contributed by atoms with E-state index in [1.54, 1.807) is 11.8 Å². The van der Waals surface area contributed by atoms with Crippen LogP contribution in [-0.2, 0) is 19.1 Å². The van der Waals surface area contributed by atoms with Crippen molar-refractivity contribution in [1.29, 1.82) is 0 Å². The quantitative estimate of drug-likeness (QED) is 0.668. The molecule has 2 fully saturated rings. The van der Waals surface area contributed by atoms with Gasteiger partial charge in [0.2, 0.25) is 11.8 Å². The molecular weight excluding hydrogens is 274 g/mol. The summed E-state index contributed by atoms with van der Waals surface area (Å²) in [5.74, 6) is -0.688. The van der Waals surface area contributed by atoms with E-state index < -0.39 is 6.04 Å². The molecule has 0 bridgehead atoms. The standard InChI is InChI=1S/C14H23N3O4/c1-2-21-14(20)10-4-3-7-17(9-10)12(18)8-11-13(19)16-6-5-15-11/h10-11,15H,2-9H2,1H3,(H,16,19)/t10-,11-/m0/s1. The molecule has 0 aromatic rings. The predicted octanol–water partition coefficient (Wildman–Crippen LogP) is -0.734. The van der Waals surface area contributed by atoms with Gasteiger partial charge in [-0.3, -0.25) is 14.4 Å². The number of carbonyl (C=O) groups excluding carboxylic acids is 3. The minimum Gasteiger partial charge on any atom is -0.466 e. The van der Waals surface area contributed by atoms with E-state index in [0.29, 0.717) is 32.8 Å². The molecule has 2 heterocycles. The normalized spacial score (nSPS) is 26.1. The maximum atomic E-state index is 12.3. The Kier molecular flexibility index (Phi) is 5.55.